The maximum absolute atomic E-state index is 14.2. The summed E-state index contributed by atoms with van der Waals surface area (Å²) < 4.78 is 15.7. The Morgan fingerprint density at radius 3 is 2.47 bits per heavy atom. The number of barbiturate groups is 1. The third-order valence-corrected chi connectivity index (χ3v) is 5.18. The molecule has 30 heavy (non-hydrogen) atoms. The standard InChI is InChI=1S/C22H15ClFN3O3/c1-13-16(23)7-4-10-18(13)27-21(29)15(20(28)25-22(27)30)12-14-6-5-11-26(14)19-9-3-2-8-17(19)24/h2-12H,1H3,(H,25,28,30)/b15-12-. The molecule has 150 valence electrons. The van der Waals surface area contributed by atoms with Gasteiger partial charge in [0.15, 0.2) is 0 Å². The molecule has 8 heteroatoms. The molecule has 0 spiro atoms. The number of halogens is 2. The minimum Gasteiger partial charge on any atom is -0.314 e. The number of urea groups is 1. The van der Waals surface area contributed by atoms with Crippen LogP contribution in [0.1, 0.15) is 11.3 Å². The Bertz CT molecular complexity index is 1230. The highest BCUT2D eigenvalue weighted by Gasteiger charge is 2.37. The van der Waals surface area contributed by atoms with E-state index < -0.39 is 23.7 Å². The van der Waals surface area contributed by atoms with Crippen molar-refractivity contribution in [3.05, 3.63) is 88.5 Å². The van der Waals surface area contributed by atoms with Gasteiger partial charge >= 0.3 is 6.03 Å². The first kappa shape index (κ1) is 19.6. The number of rotatable bonds is 3. The van der Waals surface area contributed by atoms with E-state index in [2.05, 4.69) is 5.32 Å². The topological polar surface area (TPSA) is 71.4 Å². The highest BCUT2D eigenvalue weighted by atomic mass is 35.5. The van der Waals surface area contributed by atoms with Gasteiger partial charge in [-0.1, -0.05) is 29.8 Å². The van der Waals surface area contributed by atoms with E-state index >= 15 is 0 Å². The number of anilines is 1. The van der Waals surface area contributed by atoms with Gasteiger partial charge < -0.3 is 4.57 Å². The van der Waals surface area contributed by atoms with E-state index in [1.54, 1.807) is 61.7 Å². The fraction of sp³-hybridized carbons (Fsp3) is 0.0455. The van der Waals surface area contributed by atoms with Gasteiger partial charge in [0.05, 0.1) is 11.4 Å². The number of hydrogen-bond acceptors (Lipinski definition) is 3. The van der Waals surface area contributed by atoms with Crippen molar-refractivity contribution in [2.24, 2.45) is 0 Å². The van der Waals surface area contributed by atoms with Gasteiger partial charge in [-0.05, 0) is 55.0 Å². The smallest absolute Gasteiger partial charge is 0.314 e. The van der Waals surface area contributed by atoms with Gasteiger partial charge in [-0.25, -0.2) is 14.1 Å². The van der Waals surface area contributed by atoms with Gasteiger partial charge in [-0.2, -0.15) is 0 Å². The summed E-state index contributed by atoms with van der Waals surface area (Å²) in [6.07, 6.45) is 2.93. The predicted molar refractivity (Wildman–Crippen MR) is 111 cm³/mol. The second kappa shape index (κ2) is 7.61. The first-order valence-electron chi connectivity index (χ1n) is 8.97. The van der Waals surface area contributed by atoms with Crippen molar-refractivity contribution in [2.45, 2.75) is 6.92 Å². The lowest BCUT2D eigenvalue weighted by atomic mass is 10.1. The van der Waals surface area contributed by atoms with E-state index in [1.165, 1.54) is 16.7 Å². The quantitative estimate of drug-likeness (QED) is 0.506. The van der Waals surface area contributed by atoms with Crippen molar-refractivity contribution in [2.75, 3.05) is 4.90 Å². The van der Waals surface area contributed by atoms with Crippen LogP contribution in [-0.4, -0.2) is 22.4 Å². The number of hydrogen-bond donors (Lipinski definition) is 1. The largest absolute Gasteiger partial charge is 0.335 e. The van der Waals surface area contributed by atoms with E-state index in [-0.39, 0.29) is 16.9 Å². The highest BCUT2D eigenvalue weighted by Crippen LogP contribution is 2.29. The summed E-state index contributed by atoms with van der Waals surface area (Å²) in [5.74, 6) is -2.09. The molecule has 0 aliphatic carbocycles. The monoisotopic (exact) mass is 423 g/mol. The molecule has 4 amide bonds. The number of para-hydroxylation sites is 1. The molecule has 1 aromatic heterocycles. The van der Waals surface area contributed by atoms with Crippen molar-refractivity contribution < 1.29 is 18.8 Å². The third kappa shape index (κ3) is 3.29. The first-order valence-corrected chi connectivity index (χ1v) is 9.35. The average Bonchev–Trinajstić information content (AvgIpc) is 3.16. The molecule has 1 aliphatic heterocycles. The van der Waals surface area contributed by atoms with E-state index in [4.69, 9.17) is 11.6 Å². The molecule has 1 aliphatic rings. The number of aromatic nitrogens is 1. The van der Waals surface area contributed by atoms with Crippen molar-refractivity contribution >= 4 is 41.2 Å². The molecular formula is C22H15ClFN3O3. The lowest BCUT2D eigenvalue weighted by molar-refractivity contribution is -0.122. The van der Waals surface area contributed by atoms with E-state index in [9.17, 15) is 18.8 Å². The predicted octanol–water partition coefficient (Wildman–Crippen LogP) is 4.24. The zero-order chi connectivity index (χ0) is 21.4. The van der Waals surface area contributed by atoms with Crippen LogP contribution in [0.25, 0.3) is 11.8 Å². The van der Waals surface area contributed by atoms with Gasteiger partial charge in [0.2, 0.25) is 0 Å². The van der Waals surface area contributed by atoms with Crippen LogP contribution in [0.15, 0.2) is 66.4 Å². The maximum atomic E-state index is 14.2. The summed E-state index contributed by atoms with van der Waals surface area (Å²) >= 11 is 6.12. The lowest BCUT2D eigenvalue weighted by Gasteiger charge is -2.27. The Hall–Kier alpha value is -3.71. The fourth-order valence-corrected chi connectivity index (χ4v) is 3.41. The van der Waals surface area contributed by atoms with E-state index in [0.717, 1.165) is 4.90 Å². The molecule has 0 bridgehead atoms. The second-order valence-corrected chi connectivity index (χ2v) is 7.00. The first-order chi connectivity index (χ1) is 14.4. The van der Waals surface area contributed by atoms with Crippen LogP contribution in [-0.2, 0) is 9.59 Å². The Morgan fingerprint density at radius 2 is 1.70 bits per heavy atom. The number of carbonyl (C=O) groups is 3. The SMILES string of the molecule is Cc1c(Cl)cccc1N1C(=O)NC(=O)/C(=C/c2cccn2-c2ccccc2F)C1=O. The van der Waals surface area contributed by atoms with Crippen LogP contribution in [0.4, 0.5) is 14.9 Å². The summed E-state index contributed by atoms with van der Waals surface area (Å²) in [6.45, 7) is 1.67. The van der Waals surface area contributed by atoms with Crippen LogP contribution >= 0.6 is 11.6 Å². The van der Waals surface area contributed by atoms with Gasteiger partial charge in [0.25, 0.3) is 11.8 Å². The summed E-state index contributed by atoms with van der Waals surface area (Å²) in [4.78, 5) is 38.8. The highest BCUT2D eigenvalue weighted by molar-refractivity contribution is 6.39. The summed E-state index contributed by atoms with van der Waals surface area (Å²) in [7, 11) is 0. The zero-order valence-electron chi connectivity index (χ0n) is 15.7. The lowest BCUT2D eigenvalue weighted by Crippen LogP contribution is -2.54. The van der Waals surface area contributed by atoms with Crippen LogP contribution in [0, 0.1) is 12.7 Å². The van der Waals surface area contributed by atoms with Gasteiger partial charge in [0.1, 0.15) is 11.4 Å². The van der Waals surface area contributed by atoms with Crippen molar-refractivity contribution in [1.82, 2.24) is 9.88 Å². The molecule has 0 atom stereocenters. The van der Waals surface area contributed by atoms with Gasteiger partial charge in [0, 0.05) is 16.9 Å². The average molecular weight is 424 g/mol. The number of benzene rings is 2. The minimum atomic E-state index is -0.864. The van der Waals surface area contributed by atoms with Crippen LogP contribution < -0.4 is 10.2 Å². The van der Waals surface area contributed by atoms with Crippen LogP contribution in [0.2, 0.25) is 5.02 Å². The van der Waals surface area contributed by atoms with Crippen LogP contribution in [0.5, 0.6) is 0 Å². The molecule has 1 saturated heterocycles. The molecule has 2 aromatic carbocycles. The Labute approximate surface area is 176 Å². The van der Waals surface area contributed by atoms with E-state index in [1.807, 2.05) is 0 Å². The van der Waals surface area contributed by atoms with Crippen molar-refractivity contribution in [1.29, 1.82) is 0 Å². The molecule has 0 radical (unpaired) electrons. The Balaban J connectivity index is 1.79. The molecule has 1 N–H and O–H groups in total. The molecule has 0 unspecified atom stereocenters. The second-order valence-electron chi connectivity index (χ2n) is 6.60. The molecule has 0 saturated carbocycles. The van der Waals surface area contributed by atoms with Crippen molar-refractivity contribution in [3.8, 4) is 5.69 Å². The number of nitrogens with zero attached hydrogens (tertiary/aromatic N) is 2. The summed E-state index contributed by atoms with van der Waals surface area (Å²) in [6, 6.07) is 13.4. The fourth-order valence-electron chi connectivity index (χ4n) is 3.24. The van der Waals surface area contributed by atoms with E-state index in [0.29, 0.717) is 16.3 Å². The van der Waals surface area contributed by atoms with Crippen molar-refractivity contribution in [3.63, 3.8) is 0 Å². The number of nitrogens with one attached hydrogen (secondary N) is 1. The number of carbonyl (C=O) groups excluding carboxylic acids is 3. The summed E-state index contributed by atoms with van der Waals surface area (Å²) in [5, 5.41) is 2.55. The maximum Gasteiger partial charge on any atom is 0.335 e. The molecule has 2 heterocycles. The van der Waals surface area contributed by atoms with Gasteiger partial charge in [-0.3, -0.25) is 14.9 Å². The third-order valence-electron chi connectivity index (χ3n) is 4.77. The Kier molecular flexibility index (Phi) is 4.97. The Morgan fingerprint density at radius 1 is 0.967 bits per heavy atom. The minimum absolute atomic E-state index is 0.259. The molecular weight excluding hydrogens is 409 g/mol. The number of amides is 4. The molecule has 6 nitrogen and oxygen atoms in total. The number of imide groups is 2. The van der Waals surface area contributed by atoms with Crippen LogP contribution in [0.3, 0.4) is 0 Å². The molecule has 4 rings (SSSR count). The zero-order valence-corrected chi connectivity index (χ0v) is 16.5. The van der Waals surface area contributed by atoms with Gasteiger partial charge in [-0.15, -0.1) is 0 Å². The molecule has 1 fully saturated rings. The normalized spacial score (nSPS) is 15.6. The molecule has 3 aromatic rings. The summed E-state index contributed by atoms with van der Waals surface area (Å²) in [5.41, 5.74) is 1.19.